The van der Waals surface area contributed by atoms with Crippen LogP contribution in [0.3, 0.4) is 0 Å². The Hall–Kier alpha value is -5.93. The van der Waals surface area contributed by atoms with Gasteiger partial charge in [0.05, 0.1) is 0 Å². The summed E-state index contributed by atoms with van der Waals surface area (Å²) in [6, 6.07) is 36.7. The first-order chi connectivity index (χ1) is 24.9. The van der Waals surface area contributed by atoms with Gasteiger partial charge in [-0.1, -0.05) is 141 Å². The van der Waals surface area contributed by atoms with Crippen LogP contribution in [-0.2, 0) is 19.3 Å². The Kier molecular flexibility index (Phi) is 8.49. The zero-order valence-electron chi connectivity index (χ0n) is 29.6. The predicted molar refractivity (Wildman–Crippen MR) is 213 cm³/mol. The standard InChI is InChI=1S/C48H41N3/c1-6-16-33(7-2)26-41-32(5)44-38(27-37-23-24-40-39-22-15-14-21-36(39)28-42(40)45(37)44)29-43(41)48-50-46(49-47(51-48)35-19-12-9-13-20-35)31(4)25-30(3)34-17-10-8-11-18-34/h6-25,29-30H,1-2,26-28H2,3-5H3/b31-25+,33-16+. The molecular formula is C48H41N3. The SMILES string of the molecule is C=C/C=C(\C=C)Cc1c(-c2nc(/C(C)=C/C(C)c3ccccc3)nc(-c3ccccc3)n2)cc2c(c1C)-c1c(ccc3c1Cc1ccccc1-3)C2. The third kappa shape index (κ3) is 5.89. The number of rotatable bonds is 9. The molecule has 8 rings (SSSR count). The van der Waals surface area contributed by atoms with E-state index in [0.29, 0.717) is 23.9 Å². The van der Waals surface area contributed by atoms with Gasteiger partial charge in [0.1, 0.15) is 0 Å². The first-order valence-corrected chi connectivity index (χ1v) is 17.8. The summed E-state index contributed by atoms with van der Waals surface area (Å²) in [4.78, 5) is 15.5. The Morgan fingerprint density at radius 2 is 1.45 bits per heavy atom. The second kappa shape index (κ2) is 13.4. The molecule has 0 saturated heterocycles. The summed E-state index contributed by atoms with van der Waals surface area (Å²) in [5.41, 5.74) is 18.9. The quantitative estimate of drug-likeness (QED) is 0.145. The van der Waals surface area contributed by atoms with E-state index in [1.165, 1.54) is 61.2 Å². The van der Waals surface area contributed by atoms with Gasteiger partial charge in [-0.3, -0.25) is 0 Å². The van der Waals surface area contributed by atoms with E-state index in [1.807, 2.05) is 30.4 Å². The zero-order valence-corrected chi connectivity index (χ0v) is 29.6. The topological polar surface area (TPSA) is 38.7 Å². The van der Waals surface area contributed by atoms with Gasteiger partial charge in [-0.25, -0.2) is 15.0 Å². The number of aromatic nitrogens is 3. The van der Waals surface area contributed by atoms with Crippen LogP contribution in [0.5, 0.6) is 0 Å². The van der Waals surface area contributed by atoms with Crippen molar-refractivity contribution in [1.29, 1.82) is 0 Å². The minimum absolute atomic E-state index is 0.204. The van der Waals surface area contributed by atoms with Crippen molar-refractivity contribution in [2.75, 3.05) is 0 Å². The molecule has 248 valence electrons. The predicted octanol–water partition coefficient (Wildman–Crippen LogP) is 11.7. The Balaban J connectivity index is 1.33. The molecule has 1 heterocycles. The van der Waals surface area contributed by atoms with Crippen LogP contribution >= 0.6 is 0 Å². The molecule has 0 saturated carbocycles. The van der Waals surface area contributed by atoms with Gasteiger partial charge in [0.2, 0.25) is 0 Å². The summed E-state index contributed by atoms with van der Waals surface area (Å²) < 4.78 is 0. The smallest absolute Gasteiger partial charge is 0.164 e. The molecule has 1 atom stereocenters. The van der Waals surface area contributed by atoms with Crippen molar-refractivity contribution in [3.8, 4) is 45.0 Å². The van der Waals surface area contributed by atoms with E-state index in [-0.39, 0.29) is 5.92 Å². The highest BCUT2D eigenvalue weighted by Gasteiger charge is 2.31. The summed E-state index contributed by atoms with van der Waals surface area (Å²) in [5.74, 6) is 2.25. The van der Waals surface area contributed by atoms with Gasteiger partial charge in [0.15, 0.2) is 17.5 Å². The largest absolute Gasteiger partial charge is 0.209 e. The van der Waals surface area contributed by atoms with E-state index in [2.05, 4.69) is 131 Å². The van der Waals surface area contributed by atoms with Crippen molar-refractivity contribution in [3.63, 3.8) is 0 Å². The highest BCUT2D eigenvalue weighted by molar-refractivity contribution is 5.92. The lowest BCUT2D eigenvalue weighted by atomic mass is 9.86. The highest BCUT2D eigenvalue weighted by atomic mass is 15.0. The van der Waals surface area contributed by atoms with E-state index < -0.39 is 0 Å². The fourth-order valence-electron chi connectivity index (χ4n) is 8.01. The van der Waals surface area contributed by atoms with Gasteiger partial charge < -0.3 is 0 Å². The maximum absolute atomic E-state index is 5.26. The molecule has 0 amide bonds. The number of benzene rings is 5. The molecule has 0 fully saturated rings. The molecule has 0 bridgehead atoms. The first kappa shape index (κ1) is 32.3. The number of hydrogen-bond acceptors (Lipinski definition) is 3. The minimum Gasteiger partial charge on any atom is -0.209 e. The Morgan fingerprint density at radius 1 is 0.725 bits per heavy atom. The van der Waals surface area contributed by atoms with Crippen LogP contribution in [0, 0.1) is 6.92 Å². The van der Waals surface area contributed by atoms with E-state index in [9.17, 15) is 0 Å². The summed E-state index contributed by atoms with van der Waals surface area (Å²) >= 11 is 0. The summed E-state index contributed by atoms with van der Waals surface area (Å²) in [6.07, 6.45) is 10.6. The van der Waals surface area contributed by atoms with Crippen molar-refractivity contribution >= 4 is 5.57 Å². The number of hydrogen-bond donors (Lipinski definition) is 0. The molecule has 1 aromatic heterocycles. The lowest BCUT2D eigenvalue weighted by Crippen LogP contribution is -2.06. The van der Waals surface area contributed by atoms with Gasteiger partial charge in [0.25, 0.3) is 0 Å². The highest BCUT2D eigenvalue weighted by Crippen LogP contribution is 2.50. The van der Waals surface area contributed by atoms with Gasteiger partial charge >= 0.3 is 0 Å². The molecule has 3 heteroatoms. The van der Waals surface area contributed by atoms with Crippen LogP contribution in [0.2, 0.25) is 0 Å². The molecule has 0 N–H and O–H groups in total. The van der Waals surface area contributed by atoms with E-state index in [4.69, 9.17) is 15.0 Å². The van der Waals surface area contributed by atoms with E-state index in [0.717, 1.165) is 35.1 Å². The van der Waals surface area contributed by atoms with E-state index >= 15 is 0 Å². The number of allylic oxidation sites excluding steroid dienone is 6. The second-order valence-electron chi connectivity index (χ2n) is 13.8. The summed E-state index contributed by atoms with van der Waals surface area (Å²) in [5, 5.41) is 0. The minimum atomic E-state index is 0.204. The van der Waals surface area contributed by atoms with Crippen LogP contribution in [0.4, 0.5) is 0 Å². The van der Waals surface area contributed by atoms with Gasteiger partial charge in [-0.15, -0.1) is 0 Å². The van der Waals surface area contributed by atoms with Crippen molar-refractivity contribution in [2.24, 2.45) is 0 Å². The van der Waals surface area contributed by atoms with Crippen LogP contribution in [0.1, 0.15) is 64.5 Å². The van der Waals surface area contributed by atoms with Crippen LogP contribution in [0.25, 0.3) is 50.6 Å². The fourth-order valence-corrected chi connectivity index (χ4v) is 8.01. The number of fused-ring (bicyclic) bond motifs is 7. The van der Waals surface area contributed by atoms with Crippen molar-refractivity contribution < 1.29 is 0 Å². The van der Waals surface area contributed by atoms with Crippen molar-refractivity contribution in [2.45, 2.75) is 46.0 Å². The molecule has 0 aliphatic heterocycles. The Morgan fingerprint density at radius 3 is 2.22 bits per heavy atom. The second-order valence-corrected chi connectivity index (χ2v) is 13.8. The molecule has 2 aliphatic carbocycles. The monoisotopic (exact) mass is 659 g/mol. The average molecular weight is 660 g/mol. The van der Waals surface area contributed by atoms with Crippen molar-refractivity contribution in [3.05, 3.63) is 191 Å². The molecular weight excluding hydrogens is 619 g/mol. The van der Waals surface area contributed by atoms with Crippen LogP contribution in [0.15, 0.2) is 146 Å². The molecule has 3 nitrogen and oxygen atoms in total. The Bertz CT molecular complexity index is 2400. The van der Waals surface area contributed by atoms with Crippen molar-refractivity contribution in [1.82, 2.24) is 15.0 Å². The average Bonchev–Trinajstić information content (AvgIpc) is 3.74. The van der Waals surface area contributed by atoms with Crippen LogP contribution < -0.4 is 0 Å². The maximum Gasteiger partial charge on any atom is 0.164 e. The summed E-state index contributed by atoms with van der Waals surface area (Å²) in [7, 11) is 0. The van der Waals surface area contributed by atoms with Gasteiger partial charge in [-0.05, 0) is 117 Å². The normalized spacial score (nSPS) is 13.6. The fraction of sp³-hybridized carbons (Fsp3) is 0.146. The first-order valence-electron chi connectivity index (χ1n) is 17.8. The lowest BCUT2D eigenvalue weighted by Gasteiger charge is -2.19. The van der Waals surface area contributed by atoms with E-state index in [1.54, 1.807) is 0 Å². The molecule has 6 aromatic rings. The summed E-state index contributed by atoms with van der Waals surface area (Å²) in [6.45, 7) is 14.8. The number of nitrogens with zero attached hydrogens (tertiary/aromatic N) is 3. The zero-order chi connectivity index (χ0) is 35.1. The lowest BCUT2D eigenvalue weighted by molar-refractivity contribution is 0.958. The molecule has 0 spiro atoms. The van der Waals surface area contributed by atoms with Crippen LogP contribution in [-0.4, -0.2) is 15.0 Å². The maximum atomic E-state index is 5.26. The molecule has 5 aromatic carbocycles. The molecule has 2 aliphatic rings. The molecule has 0 radical (unpaired) electrons. The third-order valence-electron chi connectivity index (χ3n) is 10.6. The molecule has 51 heavy (non-hydrogen) atoms. The van der Waals surface area contributed by atoms with Gasteiger partial charge in [-0.2, -0.15) is 0 Å². The molecule has 1 unspecified atom stereocenters. The van der Waals surface area contributed by atoms with Gasteiger partial charge in [0, 0.05) is 11.1 Å². The third-order valence-corrected chi connectivity index (χ3v) is 10.6. The Labute approximate surface area is 301 Å².